The molecule has 2 fully saturated rings. The molecule has 0 unspecified atom stereocenters. The summed E-state index contributed by atoms with van der Waals surface area (Å²) >= 11 is 1.56. The van der Waals surface area contributed by atoms with E-state index in [-0.39, 0.29) is 5.91 Å². The predicted octanol–water partition coefficient (Wildman–Crippen LogP) is 2.19. The summed E-state index contributed by atoms with van der Waals surface area (Å²) in [5.41, 5.74) is 1.12. The molecule has 0 N–H and O–H groups in total. The van der Waals surface area contributed by atoms with Crippen LogP contribution in [0.2, 0.25) is 0 Å². The number of hydrogen-bond donors (Lipinski definition) is 0. The van der Waals surface area contributed by atoms with Gasteiger partial charge in [0.2, 0.25) is 5.91 Å². The van der Waals surface area contributed by atoms with Gasteiger partial charge in [-0.2, -0.15) is 5.10 Å². The maximum Gasteiger partial charge on any atom is 0.233 e. The molecule has 1 saturated carbocycles. The van der Waals surface area contributed by atoms with Gasteiger partial charge in [-0.1, -0.05) is 0 Å². The molecule has 0 bridgehead atoms. The Morgan fingerprint density at radius 2 is 1.80 bits per heavy atom. The molecule has 0 aromatic carbocycles. The zero-order valence-electron chi connectivity index (χ0n) is 14.0. The minimum absolute atomic E-state index is 0.191. The van der Waals surface area contributed by atoms with Crippen LogP contribution in [0.25, 0.3) is 0 Å². The number of amides is 1. The highest BCUT2D eigenvalue weighted by atomic mass is 32.2. The number of thioether (sulfide) groups is 1. The van der Waals surface area contributed by atoms with E-state index in [1.807, 2.05) is 17.0 Å². The molecular formula is C18H21N5OS. The molecule has 4 rings (SSSR count). The Morgan fingerprint density at radius 3 is 2.44 bits per heavy atom. The lowest BCUT2D eigenvalue weighted by molar-refractivity contribution is -0.128. The lowest BCUT2D eigenvalue weighted by Gasteiger charge is -2.35. The summed E-state index contributed by atoms with van der Waals surface area (Å²) in [7, 11) is 0. The van der Waals surface area contributed by atoms with Crippen LogP contribution in [0, 0.1) is 0 Å². The summed E-state index contributed by atoms with van der Waals surface area (Å²) < 4.78 is 0. The van der Waals surface area contributed by atoms with Gasteiger partial charge >= 0.3 is 0 Å². The predicted molar refractivity (Wildman–Crippen MR) is 97.8 cm³/mol. The van der Waals surface area contributed by atoms with Gasteiger partial charge in [-0.15, -0.1) is 16.9 Å². The maximum atomic E-state index is 12.4. The molecule has 130 valence electrons. The standard InChI is InChI=1S/C18H21N5OS/c24-18(13-25-15-5-7-19-8-6-15)23-11-9-22(10-12-23)17-4-3-16(20-21-17)14-1-2-14/h3-8,14H,1-2,9-13H2. The van der Waals surface area contributed by atoms with Crippen LogP contribution in [0.15, 0.2) is 41.6 Å². The largest absolute Gasteiger partial charge is 0.352 e. The highest BCUT2D eigenvalue weighted by Gasteiger charge is 2.26. The van der Waals surface area contributed by atoms with Gasteiger partial charge in [0.05, 0.1) is 11.4 Å². The molecule has 3 heterocycles. The number of carbonyl (C=O) groups is 1. The second-order valence-corrected chi connectivity index (χ2v) is 7.48. The third-order valence-corrected chi connectivity index (χ3v) is 5.63. The van der Waals surface area contributed by atoms with E-state index in [9.17, 15) is 4.79 Å². The molecule has 0 atom stereocenters. The van der Waals surface area contributed by atoms with Crippen LogP contribution in [0.5, 0.6) is 0 Å². The average molecular weight is 355 g/mol. The Bertz CT molecular complexity index is 712. The van der Waals surface area contributed by atoms with Gasteiger partial charge in [-0.25, -0.2) is 0 Å². The molecule has 6 nitrogen and oxygen atoms in total. The highest BCUT2D eigenvalue weighted by Crippen LogP contribution is 2.38. The summed E-state index contributed by atoms with van der Waals surface area (Å²) in [6.45, 7) is 3.09. The quantitative estimate of drug-likeness (QED) is 0.766. The van der Waals surface area contributed by atoms with Crippen molar-refractivity contribution < 1.29 is 4.79 Å². The van der Waals surface area contributed by atoms with Gasteiger partial charge < -0.3 is 9.80 Å². The number of rotatable bonds is 5. The van der Waals surface area contributed by atoms with Crippen molar-refractivity contribution in [3.05, 3.63) is 42.4 Å². The van der Waals surface area contributed by atoms with Crippen molar-refractivity contribution in [2.75, 3.05) is 36.8 Å². The van der Waals surface area contributed by atoms with Crippen molar-refractivity contribution in [2.45, 2.75) is 23.7 Å². The first-order chi connectivity index (χ1) is 12.3. The number of anilines is 1. The SMILES string of the molecule is O=C(CSc1ccncc1)N1CCN(c2ccc(C3CC3)nn2)CC1. The third-order valence-electron chi connectivity index (χ3n) is 4.64. The average Bonchev–Trinajstić information content (AvgIpc) is 3.53. The lowest BCUT2D eigenvalue weighted by Crippen LogP contribution is -2.49. The molecule has 2 aromatic rings. The number of piperazine rings is 1. The molecule has 1 amide bonds. The van der Waals surface area contributed by atoms with E-state index >= 15 is 0 Å². The Labute approximate surface area is 151 Å². The number of nitrogens with zero attached hydrogens (tertiary/aromatic N) is 5. The van der Waals surface area contributed by atoms with Gasteiger partial charge in [0.15, 0.2) is 5.82 Å². The van der Waals surface area contributed by atoms with E-state index in [1.54, 1.807) is 24.2 Å². The summed E-state index contributed by atoms with van der Waals surface area (Å²) in [6, 6.07) is 8.03. The minimum atomic E-state index is 0.191. The summed E-state index contributed by atoms with van der Waals surface area (Å²) in [5.74, 6) is 2.22. The van der Waals surface area contributed by atoms with Crippen molar-refractivity contribution in [2.24, 2.45) is 0 Å². The molecule has 2 aromatic heterocycles. The molecule has 7 heteroatoms. The molecule has 0 radical (unpaired) electrons. The first-order valence-corrected chi connectivity index (χ1v) is 9.67. The first-order valence-electron chi connectivity index (χ1n) is 8.69. The fraction of sp³-hybridized carbons (Fsp3) is 0.444. The van der Waals surface area contributed by atoms with Gasteiger partial charge in [0.1, 0.15) is 0 Å². The van der Waals surface area contributed by atoms with Crippen molar-refractivity contribution in [1.82, 2.24) is 20.1 Å². The van der Waals surface area contributed by atoms with Crippen LogP contribution in [0.1, 0.15) is 24.5 Å². The topological polar surface area (TPSA) is 62.2 Å². The smallest absolute Gasteiger partial charge is 0.233 e. The normalized spacial score (nSPS) is 17.6. The maximum absolute atomic E-state index is 12.4. The van der Waals surface area contributed by atoms with Gasteiger partial charge in [0.25, 0.3) is 0 Å². The van der Waals surface area contributed by atoms with Crippen LogP contribution in [0.3, 0.4) is 0 Å². The number of hydrogen-bond acceptors (Lipinski definition) is 6. The number of carbonyl (C=O) groups excluding carboxylic acids is 1. The van der Waals surface area contributed by atoms with Crippen molar-refractivity contribution in [3.63, 3.8) is 0 Å². The Hall–Kier alpha value is -2.15. The van der Waals surface area contributed by atoms with Crippen LogP contribution in [-0.2, 0) is 4.79 Å². The van der Waals surface area contributed by atoms with E-state index in [0.717, 1.165) is 42.6 Å². The van der Waals surface area contributed by atoms with Crippen molar-refractivity contribution in [3.8, 4) is 0 Å². The van der Waals surface area contributed by atoms with Crippen molar-refractivity contribution in [1.29, 1.82) is 0 Å². The Kier molecular flexibility index (Phi) is 4.83. The Morgan fingerprint density at radius 1 is 1.04 bits per heavy atom. The fourth-order valence-electron chi connectivity index (χ4n) is 2.96. The molecular weight excluding hydrogens is 334 g/mol. The van der Waals surface area contributed by atoms with E-state index in [4.69, 9.17) is 0 Å². The van der Waals surface area contributed by atoms with Crippen LogP contribution in [0.4, 0.5) is 5.82 Å². The Balaban J connectivity index is 1.26. The zero-order chi connectivity index (χ0) is 17.1. The molecule has 1 aliphatic heterocycles. The van der Waals surface area contributed by atoms with Gasteiger partial charge in [-0.05, 0) is 37.1 Å². The van der Waals surface area contributed by atoms with E-state index in [2.05, 4.69) is 32.2 Å². The number of aromatic nitrogens is 3. The fourth-order valence-corrected chi connectivity index (χ4v) is 3.74. The van der Waals surface area contributed by atoms with Crippen LogP contribution < -0.4 is 4.90 Å². The molecule has 2 aliphatic rings. The number of pyridine rings is 1. The van der Waals surface area contributed by atoms with Gasteiger partial charge in [-0.3, -0.25) is 9.78 Å². The third kappa shape index (κ3) is 4.10. The lowest BCUT2D eigenvalue weighted by atomic mass is 10.2. The summed E-state index contributed by atoms with van der Waals surface area (Å²) in [5, 5.41) is 8.72. The molecule has 1 aliphatic carbocycles. The van der Waals surface area contributed by atoms with E-state index in [0.29, 0.717) is 11.7 Å². The zero-order valence-corrected chi connectivity index (χ0v) is 14.9. The summed E-state index contributed by atoms with van der Waals surface area (Å²) in [4.78, 5) is 21.6. The van der Waals surface area contributed by atoms with Crippen LogP contribution >= 0.6 is 11.8 Å². The van der Waals surface area contributed by atoms with Crippen molar-refractivity contribution >= 4 is 23.5 Å². The van der Waals surface area contributed by atoms with E-state index in [1.165, 1.54) is 12.8 Å². The van der Waals surface area contributed by atoms with Gasteiger partial charge in [0, 0.05) is 49.4 Å². The van der Waals surface area contributed by atoms with E-state index < -0.39 is 0 Å². The summed E-state index contributed by atoms with van der Waals surface area (Å²) in [6.07, 6.45) is 5.99. The molecule has 1 saturated heterocycles. The molecule has 0 spiro atoms. The minimum Gasteiger partial charge on any atom is -0.352 e. The second kappa shape index (κ2) is 7.39. The second-order valence-electron chi connectivity index (χ2n) is 6.43. The van der Waals surface area contributed by atoms with Crippen LogP contribution in [-0.4, -0.2) is 57.9 Å². The molecule has 25 heavy (non-hydrogen) atoms. The first kappa shape index (κ1) is 16.3. The monoisotopic (exact) mass is 355 g/mol. The highest BCUT2D eigenvalue weighted by molar-refractivity contribution is 8.00.